The summed E-state index contributed by atoms with van der Waals surface area (Å²) in [7, 11) is 0. The van der Waals surface area contributed by atoms with Gasteiger partial charge >= 0.3 is 0 Å². The van der Waals surface area contributed by atoms with Crippen LogP contribution in [0.25, 0.3) is 5.57 Å². The third-order valence-corrected chi connectivity index (χ3v) is 3.23. The van der Waals surface area contributed by atoms with Gasteiger partial charge in [0.05, 0.1) is 0 Å². The minimum atomic E-state index is 0.0677. The number of rotatable bonds is 0. The Hall–Kier alpha value is -1.61. The highest BCUT2D eigenvalue weighted by Gasteiger charge is 2.27. The molecule has 2 aliphatic heterocycles. The van der Waals surface area contributed by atoms with Crippen LogP contribution in [0.4, 0.5) is 5.69 Å². The van der Waals surface area contributed by atoms with Crippen LogP contribution in [0.2, 0.25) is 0 Å². The number of nitrogens with one attached hydrogen (secondary N) is 2. The van der Waals surface area contributed by atoms with Gasteiger partial charge in [0.25, 0.3) is 5.91 Å². The molecule has 0 unspecified atom stereocenters. The van der Waals surface area contributed by atoms with Gasteiger partial charge in [-0.25, -0.2) is 0 Å². The Morgan fingerprint density at radius 1 is 1.06 bits per heavy atom. The second-order valence-corrected chi connectivity index (χ2v) is 4.23. The minimum absolute atomic E-state index is 0.0677. The number of piperidine rings is 1. The van der Waals surface area contributed by atoms with Crippen molar-refractivity contribution in [2.45, 2.75) is 12.8 Å². The number of para-hydroxylation sites is 1. The molecule has 1 fully saturated rings. The molecule has 1 aromatic carbocycles. The van der Waals surface area contributed by atoms with Gasteiger partial charge in [0.2, 0.25) is 0 Å². The summed E-state index contributed by atoms with van der Waals surface area (Å²) < 4.78 is 0. The monoisotopic (exact) mass is 214 g/mol. The normalized spacial score (nSPS) is 19.6. The number of carbonyl (C=O) groups is 1. The predicted molar refractivity (Wildman–Crippen MR) is 64.1 cm³/mol. The fraction of sp³-hybridized carbons (Fsp3) is 0.308. The number of anilines is 1. The number of hydrogen-bond donors (Lipinski definition) is 2. The highest BCUT2D eigenvalue weighted by Crippen LogP contribution is 2.35. The zero-order valence-electron chi connectivity index (χ0n) is 9.05. The lowest BCUT2D eigenvalue weighted by molar-refractivity contribution is -0.110. The molecule has 0 bridgehead atoms. The Morgan fingerprint density at radius 3 is 2.62 bits per heavy atom. The summed E-state index contributed by atoms with van der Waals surface area (Å²) in [5, 5.41) is 6.24. The SMILES string of the molecule is O=C1Nc2ccccc2C1=C1CCNCC1. The van der Waals surface area contributed by atoms with E-state index in [4.69, 9.17) is 0 Å². The highest BCUT2D eigenvalue weighted by molar-refractivity contribution is 6.32. The zero-order chi connectivity index (χ0) is 11.0. The molecular weight excluding hydrogens is 200 g/mol. The van der Waals surface area contributed by atoms with Gasteiger partial charge in [0, 0.05) is 16.8 Å². The molecule has 1 amide bonds. The van der Waals surface area contributed by atoms with Crippen LogP contribution in [0.3, 0.4) is 0 Å². The maximum atomic E-state index is 11.9. The molecule has 1 saturated heterocycles. The van der Waals surface area contributed by atoms with E-state index in [-0.39, 0.29) is 5.91 Å². The van der Waals surface area contributed by atoms with E-state index >= 15 is 0 Å². The molecule has 0 saturated carbocycles. The van der Waals surface area contributed by atoms with Crippen molar-refractivity contribution in [3.8, 4) is 0 Å². The predicted octanol–water partition coefficient (Wildman–Crippen LogP) is 1.78. The van der Waals surface area contributed by atoms with Crippen LogP contribution in [-0.2, 0) is 4.79 Å². The van der Waals surface area contributed by atoms with Gasteiger partial charge in [-0.05, 0) is 32.0 Å². The van der Waals surface area contributed by atoms with Crippen molar-refractivity contribution in [2.24, 2.45) is 0 Å². The molecule has 0 radical (unpaired) electrons. The average Bonchev–Trinajstić information content (AvgIpc) is 2.66. The summed E-state index contributed by atoms with van der Waals surface area (Å²) >= 11 is 0. The van der Waals surface area contributed by atoms with Gasteiger partial charge in [-0.2, -0.15) is 0 Å². The highest BCUT2D eigenvalue weighted by atomic mass is 16.2. The van der Waals surface area contributed by atoms with E-state index in [9.17, 15) is 4.79 Å². The molecule has 2 N–H and O–H groups in total. The summed E-state index contributed by atoms with van der Waals surface area (Å²) in [6.45, 7) is 1.96. The standard InChI is InChI=1S/C13H14N2O/c16-13-12(9-5-7-14-8-6-9)10-3-1-2-4-11(10)15-13/h1-4,14H,5-8H2,(H,15,16). The van der Waals surface area contributed by atoms with E-state index in [1.807, 2.05) is 24.3 Å². The van der Waals surface area contributed by atoms with Crippen molar-refractivity contribution >= 4 is 17.2 Å². The molecule has 0 aliphatic carbocycles. The van der Waals surface area contributed by atoms with Gasteiger partial charge in [-0.1, -0.05) is 23.8 Å². The van der Waals surface area contributed by atoms with E-state index in [1.54, 1.807) is 0 Å². The Kier molecular flexibility index (Phi) is 2.26. The summed E-state index contributed by atoms with van der Waals surface area (Å²) in [6.07, 6.45) is 1.97. The largest absolute Gasteiger partial charge is 0.321 e. The van der Waals surface area contributed by atoms with Gasteiger partial charge in [0.1, 0.15) is 0 Å². The molecule has 3 heteroatoms. The average molecular weight is 214 g/mol. The fourth-order valence-electron chi connectivity index (χ4n) is 2.45. The molecule has 2 aliphatic rings. The van der Waals surface area contributed by atoms with Gasteiger partial charge < -0.3 is 10.6 Å². The smallest absolute Gasteiger partial charge is 0.256 e. The van der Waals surface area contributed by atoms with Crippen LogP contribution >= 0.6 is 0 Å². The van der Waals surface area contributed by atoms with Crippen molar-refractivity contribution in [3.63, 3.8) is 0 Å². The van der Waals surface area contributed by atoms with Crippen molar-refractivity contribution in [1.29, 1.82) is 0 Å². The van der Waals surface area contributed by atoms with Crippen LogP contribution in [0, 0.1) is 0 Å². The topological polar surface area (TPSA) is 41.1 Å². The second-order valence-electron chi connectivity index (χ2n) is 4.23. The molecule has 1 aromatic rings. The first kappa shape index (κ1) is 9.60. The number of benzene rings is 1. The van der Waals surface area contributed by atoms with E-state index < -0.39 is 0 Å². The molecule has 2 heterocycles. The molecular formula is C13H14N2O. The van der Waals surface area contributed by atoms with Gasteiger partial charge in [0.15, 0.2) is 0 Å². The number of carbonyl (C=O) groups excluding carboxylic acids is 1. The van der Waals surface area contributed by atoms with E-state index in [1.165, 1.54) is 5.57 Å². The number of hydrogen-bond acceptors (Lipinski definition) is 2. The maximum Gasteiger partial charge on any atom is 0.256 e. The molecule has 0 aromatic heterocycles. The first-order valence-corrected chi connectivity index (χ1v) is 5.70. The van der Waals surface area contributed by atoms with Crippen LogP contribution in [0.1, 0.15) is 18.4 Å². The summed E-state index contributed by atoms with van der Waals surface area (Å²) in [5.41, 5.74) is 4.23. The number of amides is 1. The van der Waals surface area contributed by atoms with Gasteiger partial charge in [-0.15, -0.1) is 0 Å². The maximum absolute atomic E-state index is 11.9. The van der Waals surface area contributed by atoms with Crippen molar-refractivity contribution in [2.75, 3.05) is 18.4 Å². The first-order valence-electron chi connectivity index (χ1n) is 5.70. The lowest BCUT2D eigenvalue weighted by atomic mass is 9.95. The first-order chi connectivity index (χ1) is 7.86. The molecule has 3 nitrogen and oxygen atoms in total. The Morgan fingerprint density at radius 2 is 1.81 bits per heavy atom. The van der Waals surface area contributed by atoms with E-state index in [0.29, 0.717) is 0 Å². The van der Waals surface area contributed by atoms with Crippen LogP contribution in [0.5, 0.6) is 0 Å². The third-order valence-electron chi connectivity index (χ3n) is 3.23. The van der Waals surface area contributed by atoms with Crippen LogP contribution in [0.15, 0.2) is 29.8 Å². The summed E-state index contributed by atoms with van der Waals surface area (Å²) in [4.78, 5) is 11.9. The molecule has 0 atom stereocenters. The lowest BCUT2D eigenvalue weighted by Gasteiger charge is -2.17. The van der Waals surface area contributed by atoms with Crippen molar-refractivity contribution in [1.82, 2.24) is 5.32 Å². The Labute approximate surface area is 94.5 Å². The van der Waals surface area contributed by atoms with Crippen LogP contribution in [-0.4, -0.2) is 19.0 Å². The van der Waals surface area contributed by atoms with E-state index in [2.05, 4.69) is 10.6 Å². The third kappa shape index (κ3) is 1.44. The molecule has 16 heavy (non-hydrogen) atoms. The number of fused-ring (bicyclic) bond motifs is 1. The summed E-state index contributed by atoms with van der Waals surface area (Å²) in [6, 6.07) is 7.93. The molecule has 82 valence electrons. The zero-order valence-corrected chi connectivity index (χ0v) is 9.05. The molecule has 3 rings (SSSR count). The lowest BCUT2D eigenvalue weighted by Crippen LogP contribution is -2.24. The quantitative estimate of drug-likeness (QED) is 0.646. The molecule has 0 spiro atoms. The minimum Gasteiger partial charge on any atom is -0.321 e. The van der Waals surface area contributed by atoms with Crippen LogP contribution < -0.4 is 10.6 Å². The van der Waals surface area contributed by atoms with E-state index in [0.717, 1.165) is 42.8 Å². The van der Waals surface area contributed by atoms with Crippen molar-refractivity contribution in [3.05, 3.63) is 35.4 Å². The van der Waals surface area contributed by atoms with Crippen molar-refractivity contribution < 1.29 is 4.79 Å². The summed E-state index contributed by atoms with van der Waals surface area (Å²) in [5.74, 6) is 0.0677. The Balaban J connectivity index is 2.10. The van der Waals surface area contributed by atoms with Gasteiger partial charge in [-0.3, -0.25) is 4.79 Å². The fourth-order valence-corrected chi connectivity index (χ4v) is 2.45. The Bertz CT molecular complexity index is 469. The second kappa shape index (κ2) is 3.76.